The van der Waals surface area contributed by atoms with Crippen LogP contribution < -0.4 is 0 Å². The monoisotopic (exact) mass is 534 g/mol. The molecule has 0 saturated carbocycles. The molecule has 0 radical (unpaired) electrons. The van der Waals surface area contributed by atoms with E-state index in [2.05, 4.69) is 9.80 Å². The third kappa shape index (κ3) is 7.44. The highest BCUT2D eigenvalue weighted by molar-refractivity contribution is 5.90. The van der Waals surface area contributed by atoms with Crippen molar-refractivity contribution in [3.63, 3.8) is 0 Å². The van der Waals surface area contributed by atoms with E-state index in [1.54, 1.807) is 24.3 Å². The molecule has 4 aromatic rings. The Hall–Kier alpha value is -4.26. The topological polar surface area (TPSA) is 59.1 Å². The molecule has 1 aliphatic heterocycles. The smallest absolute Gasteiger partial charge is 0.338 e. The van der Waals surface area contributed by atoms with E-state index in [-0.39, 0.29) is 24.1 Å². The average molecular weight is 535 g/mol. The number of nitrogens with zero attached hydrogens (tertiary/aromatic N) is 2. The van der Waals surface area contributed by atoms with Crippen molar-refractivity contribution in [3.8, 4) is 0 Å². The lowest BCUT2D eigenvalue weighted by Gasteiger charge is -2.37. The van der Waals surface area contributed by atoms with E-state index in [9.17, 15) is 9.59 Å². The molecular formula is C34H34N2O4. The molecule has 0 unspecified atom stereocenters. The summed E-state index contributed by atoms with van der Waals surface area (Å²) >= 11 is 0. The fourth-order valence-electron chi connectivity index (χ4n) is 4.92. The van der Waals surface area contributed by atoms with Crippen LogP contribution in [0.15, 0.2) is 121 Å². The van der Waals surface area contributed by atoms with Gasteiger partial charge < -0.3 is 9.47 Å². The van der Waals surface area contributed by atoms with Crippen molar-refractivity contribution in [1.29, 1.82) is 0 Å². The van der Waals surface area contributed by atoms with Gasteiger partial charge in [-0.1, -0.05) is 97.1 Å². The zero-order chi connectivity index (χ0) is 27.6. The summed E-state index contributed by atoms with van der Waals surface area (Å²) < 4.78 is 12.0. The average Bonchev–Trinajstić information content (AvgIpc) is 3.03. The first-order chi connectivity index (χ1) is 19.7. The van der Waals surface area contributed by atoms with Gasteiger partial charge in [-0.2, -0.15) is 0 Å². The largest absolute Gasteiger partial charge is 0.453 e. The molecule has 4 aromatic carbocycles. The summed E-state index contributed by atoms with van der Waals surface area (Å²) in [5.41, 5.74) is 3.05. The number of rotatable bonds is 10. The van der Waals surface area contributed by atoms with Crippen LogP contribution in [0.1, 0.15) is 44.1 Å². The Kier molecular flexibility index (Phi) is 9.35. The molecule has 1 saturated heterocycles. The summed E-state index contributed by atoms with van der Waals surface area (Å²) in [7, 11) is 0. The molecule has 204 valence electrons. The molecule has 2 atom stereocenters. The fourth-order valence-corrected chi connectivity index (χ4v) is 4.92. The van der Waals surface area contributed by atoms with E-state index in [4.69, 9.17) is 9.47 Å². The predicted octanol–water partition coefficient (Wildman–Crippen LogP) is 5.80. The first-order valence-electron chi connectivity index (χ1n) is 13.7. The Bertz CT molecular complexity index is 1240. The number of benzene rings is 4. The lowest BCUT2D eigenvalue weighted by atomic mass is 10.1. The predicted molar refractivity (Wildman–Crippen MR) is 155 cm³/mol. The van der Waals surface area contributed by atoms with Crippen molar-refractivity contribution >= 4 is 11.9 Å². The van der Waals surface area contributed by atoms with Gasteiger partial charge in [0.25, 0.3) is 0 Å². The molecule has 0 aromatic heterocycles. The molecule has 1 heterocycles. The summed E-state index contributed by atoms with van der Waals surface area (Å²) in [5, 5.41) is 0. The normalized spacial score (nSPS) is 15.6. The van der Waals surface area contributed by atoms with Crippen LogP contribution in [0, 0.1) is 0 Å². The zero-order valence-corrected chi connectivity index (χ0v) is 22.5. The number of hydrogen-bond donors (Lipinski definition) is 0. The van der Waals surface area contributed by atoms with Crippen molar-refractivity contribution < 1.29 is 19.1 Å². The zero-order valence-electron chi connectivity index (χ0n) is 22.5. The standard InChI is InChI=1S/C34H34N2O4/c37-33(29-17-9-3-10-18-29)39-31(27-13-5-1-6-14-27)25-35-21-23-36(24-22-35)26-32(28-15-7-2-8-16-28)40-34(38)30-19-11-4-12-20-30/h1-20,31-32H,21-26H2/t31-,32-/m0/s1. The molecule has 0 bridgehead atoms. The van der Waals surface area contributed by atoms with Crippen molar-refractivity contribution in [2.75, 3.05) is 39.3 Å². The second-order valence-electron chi connectivity index (χ2n) is 9.94. The van der Waals surface area contributed by atoms with E-state index >= 15 is 0 Å². The van der Waals surface area contributed by atoms with E-state index in [0.717, 1.165) is 37.3 Å². The van der Waals surface area contributed by atoms with Crippen LogP contribution in [0.25, 0.3) is 0 Å². The molecule has 0 aliphatic carbocycles. The van der Waals surface area contributed by atoms with Gasteiger partial charge in [0.05, 0.1) is 11.1 Å². The Balaban J connectivity index is 1.21. The van der Waals surface area contributed by atoms with Gasteiger partial charge in [0.1, 0.15) is 12.2 Å². The third-order valence-electron chi connectivity index (χ3n) is 7.17. The maximum absolute atomic E-state index is 12.9. The van der Waals surface area contributed by atoms with Gasteiger partial charge in [-0.3, -0.25) is 9.80 Å². The highest BCUT2D eigenvalue weighted by Crippen LogP contribution is 2.24. The number of carbonyl (C=O) groups excluding carboxylic acids is 2. The fraction of sp³-hybridized carbons (Fsp3) is 0.235. The first-order valence-corrected chi connectivity index (χ1v) is 13.7. The minimum atomic E-state index is -0.371. The molecule has 6 nitrogen and oxygen atoms in total. The Labute approximate surface area is 235 Å². The second-order valence-corrected chi connectivity index (χ2v) is 9.94. The summed E-state index contributed by atoms with van der Waals surface area (Å²) in [6.45, 7) is 4.50. The molecule has 6 heteroatoms. The minimum absolute atomic E-state index is 0.320. The van der Waals surface area contributed by atoms with Gasteiger partial charge in [-0.25, -0.2) is 9.59 Å². The SMILES string of the molecule is O=C(O[C@@H](CN1CCN(C[C@H](OC(=O)c2ccccc2)c2ccccc2)CC1)c1ccccc1)c1ccccc1. The lowest BCUT2D eigenvalue weighted by Crippen LogP contribution is -2.49. The quantitative estimate of drug-likeness (QED) is 0.240. The van der Waals surface area contributed by atoms with E-state index in [1.807, 2.05) is 97.1 Å². The van der Waals surface area contributed by atoms with Gasteiger partial charge >= 0.3 is 11.9 Å². The van der Waals surface area contributed by atoms with Gasteiger partial charge in [-0.05, 0) is 35.4 Å². The maximum Gasteiger partial charge on any atom is 0.338 e. The third-order valence-corrected chi connectivity index (χ3v) is 7.17. The van der Waals surface area contributed by atoms with E-state index in [0.29, 0.717) is 24.2 Å². The molecule has 0 amide bonds. The van der Waals surface area contributed by atoms with Crippen molar-refractivity contribution in [1.82, 2.24) is 9.80 Å². The number of carbonyl (C=O) groups is 2. The summed E-state index contributed by atoms with van der Waals surface area (Å²) in [6.07, 6.45) is -0.742. The van der Waals surface area contributed by atoms with Gasteiger partial charge in [0, 0.05) is 39.3 Å². The maximum atomic E-state index is 12.9. The second kappa shape index (κ2) is 13.7. The highest BCUT2D eigenvalue weighted by Gasteiger charge is 2.27. The molecule has 5 rings (SSSR count). The molecule has 1 fully saturated rings. The first kappa shape index (κ1) is 27.3. The lowest BCUT2D eigenvalue weighted by molar-refractivity contribution is 0.00180. The summed E-state index contributed by atoms with van der Waals surface area (Å²) in [5.74, 6) is -0.641. The minimum Gasteiger partial charge on any atom is -0.453 e. The highest BCUT2D eigenvalue weighted by atomic mass is 16.5. The number of hydrogen-bond acceptors (Lipinski definition) is 6. The van der Waals surface area contributed by atoms with Crippen LogP contribution in [0.3, 0.4) is 0 Å². The van der Waals surface area contributed by atoms with Crippen LogP contribution in [0.5, 0.6) is 0 Å². The van der Waals surface area contributed by atoms with E-state index in [1.165, 1.54) is 0 Å². The van der Waals surface area contributed by atoms with Gasteiger partial charge in [0.2, 0.25) is 0 Å². The van der Waals surface area contributed by atoms with E-state index < -0.39 is 0 Å². The molecule has 40 heavy (non-hydrogen) atoms. The van der Waals surface area contributed by atoms with Crippen molar-refractivity contribution in [3.05, 3.63) is 144 Å². The van der Waals surface area contributed by atoms with Crippen molar-refractivity contribution in [2.45, 2.75) is 12.2 Å². The summed E-state index contributed by atoms with van der Waals surface area (Å²) in [4.78, 5) is 30.4. The number of piperazine rings is 1. The van der Waals surface area contributed by atoms with Crippen molar-refractivity contribution in [2.24, 2.45) is 0 Å². The Morgan fingerprint density at radius 2 is 0.800 bits per heavy atom. The number of esters is 2. The Morgan fingerprint density at radius 1 is 0.500 bits per heavy atom. The van der Waals surface area contributed by atoms with Crippen LogP contribution in [-0.4, -0.2) is 61.0 Å². The number of ether oxygens (including phenoxy) is 2. The van der Waals surface area contributed by atoms with Crippen LogP contribution in [-0.2, 0) is 9.47 Å². The van der Waals surface area contributed by atoms with Crippen LogP contribution >= 0.6 is 0 Å². The molecule has 1 aliphatic rings. The van der Waals surface area contributed by atoms with Gasteiger partial charge in [0.15, 0.2) is 0 Å². The van der Waals surface area contributed by atoms with Crippen LogP contribution in [0.4, 0.5) is 0 Å². The Morgan fingerprint density at radius 3 is 1.12 bits per heavy atom. The van der Waals surface area contributed by atoms with Gasteiger partial charge in [-0.15, -0.1) is 0 Å². The molecule has 0 spiro atoms. The van der Waals surface area contributed by atoms with Crippen LogP contribution in [0.2, 0.25) is 0 Å². The molecule has 0 N–H and O–H groups in total. The summed E-state index contributed by atoms with van der Waals surface area (Å²) in [6, 6.07) is 38.1. The molecular weight excluding hydrogens is 500 g/mol.